The van der Waals surface area contributed by atoms with Crippen LogP contribution in [0.5, 0.6) is 0 Å². The minimum absolute atomic E-state index is 0.119. The molecular weight excluding hydrogens is 251 g/mol. The zero-order valence-electron chi connectivity index (χ0n) is 12.7. The molecule has 1 fully saturated rings. The van der Waals surface area contributed by atoms with Crippen molar-refractivity contribution in [3.63, 3.8) is 0 Å². The molecule has 112 valence electrons. The number of halogens is 1. The van der Waals surface area contributed by atoms with E-state index >= 15 is 0 Å². The molecule has 3 heteroatoms. The second-order valence-electron chi connectivity index (χ2n) is 6.05. The summed E-state index contributed by atoms with van der Waals surface area (Å²) in [6.45, 7) is 2.82. The van der Waals surface area contributed by atoms with E-state index in [1.807, 2.05) is 6.07 Å². The molecule has 0 aromatic heterocycles. The van der Waals surface area contributed by atoms with Gasteiger partial charge >= 0.3 is 0 Å². The maximum atomic E-state index is 13.4. The van der Waals surface area contributed by atoms with Crippen LogP contribution < -0.4 is 5.73 Å². The normalized spacial score (nSPS) is 24.9. The molecule has 0 heterocycles. The van der Waals surface area contributed by atoms with Gasteiger partial charge in [-0.2, -0.15) is 0 Å². The zero-order chi connectivity index (χ0) is 14.5. The van der Waals surface area contributed by atoms with E-state index in [0.29, 0.717) is 12.6 Å². The van der Waals surface area contributed by atoms with Crippen molar-refractivity contribution >= 4 is 0 Å². The lowest BCUT2D eigenvalue weighted by molar-refractivity contribution is 0.122. The summed E-state index contributed by atoms with van der Waals surface area (Å²) < 4.78 is 13.4. The van der Waals surface area contributed by atoms with Crippen molar-refractivity contribution in [2.24, 2.45) is 11.7 Å². The Morgan fingerprint density at radius 1 is 1.30 bits per heavy atom. The van der Waals surface area contributed by atoms with Gasteiger partial charge < -0.3 is 5.73 Å². The number of nitrogens with zero attached hydrogens (tertiary/aromatic N) is 1. The van der Waals surface area contributed by atoms with Crippen LogP contribution >= 0.6 is 0 Å². The van der Waals surface area contributed by atoms with Crippen molar-refractivity contribution in [2.75, 3.05) is 13.6 Å². The molecular formula is C17H27FN2. The summed E-state index contributed by atoms with van der Waals surface area (Å²) in [5.74, 6) is 0.717. The molecule has 1 aromatic carbocycles. The third-order valence-electron chi connectivity index (χ3n) is 4.92. The molecule has 0 saturated heterocycles. The monoisotopic (exact) mass is 278 g/mol. The predicted octanol–water partition coefficient (Wildman–Crippen LogP) is 3.73. The number of nitrogens with two attached hydrogens (primary N) is 1. The molecule has 1 aliphatic rings. The van der Waals surface area contributed by atoms with Crippen molar-refractivity contribution in [2.45, 2.75) is 51.1 Å². The van der Waals surface area contributed by atoms with Crippen LogP contribution in [0.3, 0.4) is 0 Å². The average molecular weight is 278 g/mol. The summed E-state index contributed by atoms with van der Waals surface area (Å²) >= 11 is 0. The highest BCUT2D eigenvalue weighted by molar-refractivity contribution is 5.20. The molecule has 0 aliphatic heterocycles. The van der Waals surface area contributed by atoms with E-state index in [1.165, 1.54) is 38.2 Å². The van der Waals surface area contributed by atoms with Crippen molar-refractivity contribution in [1.82, 2.24) is 4.90 Å². The van der Waals surface area contributed by atoms with Crippen LogP contribution in [0.25, 0.3) is 0 Å². The van der Waals surface area contributed by atoms with Crippen molar-refractivity contribution in [3.8, 4) is 0 Å². The molecule has 2 rings (SSSR count). The van der Waals surface area contributed by atoms with Gasteiger partial charge in [0.05, 0.1) is 0 Å². The highest BCUT2D eigenvalue weighted by atomic mass is 19.1. The number of likely N-dealkylation sites (N-methyl/N-ethyl adjacent to an activating group) is 1. The van der Waals surface area contributed by atoms with Gasteiger partial charge in [-0.1, -0.05) is 25.5 Å². The van der Waals surface area contributed by atoms with Gasteiger partial charge in [0.1, 0.15) is 5.82 Å². The van der Waals surface area contributed by atoms with Crippen LogP contribution in [0.1, 0.15) is 50.6 Å². The Morgan fingerprint density at radius 3 is 2.55 bits per heavy atom. The van der Waals surface area contributed by atoms with E-state index < -0.39 is 0 Å². The summed E-state index contributed by atoms with van der Waals surface area (Å²) in [6, 6.07) is 7.56. The lowest BCUT2D eigenvalue weighted by Gasteiger charge is -2.39. The predicted molar refractivity (Wildman–Crippen MR) is 82.0 cm³/mol. The van der Waals surface area contributed by atoms with Crippen molar-refractivity contribution in [1.29, 1.82) is 0 Å². The smallest absolute Gasteiger partial charge is 0.123 e. The first-order valence-corrected chi connectivity index (χ1v) is 7.83. The topological polar surface area (TPSA) is 29.3 Å². The van der Waals surface area contributed by atoms with Crippen LogP contribution in [-0.4, -0.2) is 24.5 Å². The van der Waals surface area contributed by atoms with Crippen LogP contribution in [0.2, 0.25) is 0 Å². The fourth-order valence-electron chi connectivity index (χ4n) is 3.47. The Hall–Kier alpha value is -0.930. The van der Waals surface area contributed by atoms with Crippen LogP contribution in [-0.2, 0) is 0 Å². The third kappa shape index (κ3) is 3.58. The zero-order valence-corrected chi connectivity index (χ0v) is 12.7. The molecule has 0 bridgehead atoms. The van der Waals surface area contributed by atoms with E-state index in [4.69, 9.17) is 5.73 Å². The Labute approximate surface area is 122 Å². The molecule has 0 spiro atoms. The first kappa shape index (κ1) is 15.5. The average Bonchev–Trinajstić information content (AvgIpc) is 2.48. The van der Waals surface area contributed by atoms with E-state index in [-0.39, 0.29) is 11.9 Å². The number of benzene rings is 1. The van der Waals surface area contributed by atoms with Gasteiger partial charge in [-0.15, -0.1) is 0 Å². The van der Waals surface area contributed by atoms with Crippen LogP contribution in [0.15, 0.2) is 24.3 Å². The minimum atomic E-state index is -0.177. The molecule has 0 amide bonds. The number of hydrogen-bond donors (Lipinski definition) is 1. The van der Waals surface area contributed by atoms with E-state index in [0.717, 1.165) is 11.5 Å². The number of rotatable bonds is 5. The highest BCUT2D eigenvalue weighted by Gasteiger charge is 2.27. The summed E-state index contributed by atoms with van der Waals surface area (Å²) in [5.41, 5.74) is 6.94. The van der Waals surface area contributed by atoms with Crippen molar-refractivity contribution in [3.05, 3.63) is 35.6 Å². The summed E-state index contributed by atoms with van der Waals surface area (Å²) in [7, 11) is 2.14. The molecule has 1 aliphatic carbocycles. The quantitative estimate of drug-likeness (QED) is 0.889. The van der Waals surface area contributed by atoms with Gasteiger partial charge in [0, 0.05) is 18.6 Å². The van der Waals surface area contributed by atoms with Gasteiger partial charge in [-0.3, -0.25) is 4.90 Å². The van der Waals surface area contributed by atoms with Crippen LogP contribution in [0, 0.1) is 11.7 Å². The van der Waals surface area contributed by atoms with E-state index in [1.54, 1.807) is 12.1 Å². The van der Waals surface area contributed by atoms with Crippen LogP contribution in [0.4, 0.5) is 4.39 Å². The number of hydrogen-bond acceptors (Lipinski definition) is 2. The van der Waals surface area contributed by atoms with Crippen molar-refractivity contribution < 1.29 is 4.39 Å². The highest BCUT2D eigenvalue weighted by Crippen LogP contribution is 2.32. The van der Waals surface area contributed by atoms with Gasteiger partial charge in [-0.05, 0) is 56.3 Å². The lowest BCUT2D eigenvalue weighted by atomic mass is 9.83. The van der Waals surface area contributed by atoms with Gasteiger partial charge in [0.25, 0.3) is 0 Å². The molecule has 20 heavy (non-hydrogen) atoms. The molecule has 2 nitrogen and oxygen atoms in total. The largest absolute Gasteiger partial charge is 0.329 e. The van der Waals surface area contributed by atoms with E-state index in [9.17, 15) is 4.39 Å². The molecule has 1 aromatic rings. The Morgan fingerprint density at radius 2 is 2.00 bits per heavy atom. The summed E-state index contributed by atoms with van der Waals surface area (Å²) in [5, 5.41) is 0. The Balaban J connectivity index is 2.04. The summed E-state index contributed by atoms with van der Waals surface area (Å²) in [4.78, 5) is 2.36. The fourth-order valence-corrected chi connectivity index (χ4v) is 3.47. The molecule has 1 atom stereocenters. The SMILES string of the molecule is CCC1CCC(N(C)C(CN)c2cccc(F)c2)CC1. The second kappa shape index (κ2) is 7.19. The molecule has 1 saturated carbocycles. The maximum Gasteiger partial charge on any atom is 0.123 e. The van der Waals surface area contributed by atoms with E-state index in [2.05, 4.69) is 18.9 Å². The summed E-state index contributed by atoms with van der Waals surface area (Å²) in [6.07, 6.45) is 6.39. The molecule has 2 N–H and O–H groups in total. The first-order valence-electron chi connectivity index (χ1n) is 7.83. The first-order chi connectivity index (χ1) is 9.65. The Kier molecular flexibility index (Phi) is 5.55. The molecule has 1 unspecified atom stereocenters. The molecule has 0 radical (unpaired) electrons. The fraction of sp³-hybridized carbons (Fsp3) is 0.647. The van der Waals surface area contributed by atoms with Gasteiger partial charge in [0.15, 0.2) is 0 Å². The third-order valence-corrected chi connectivity index (χ3v) is 4.92. The standard InChI is InChI=1S/C17H27FN2/c1-3-13-7-9-16(10-8-13)20(2)17(12-19)14-5-4-6-15(18)11-14/h4-6,11,13,16-17H,3,7-10,12,19H2,1-2H3. The Bertz CT molecular complexity index is 413. The van der Waals surface area contributed by atoms with Gasteiger partial charge in [-0.25, -0.2) is 4.39 Å². The van der Waals surface area contributed by atoms with Gasteiger partial charge in [0.2, 0.25) is 0 Å². The minimum Gasteiger partial charge on any atom is -0.329 e. The maximum absolute atomic E-state index is 13.4. The second-order valence-corrected chi connectivity index (χ2v) is 6.05. The lowest BCUT2D eigenvalue weighted by Crippen LogP contribution is -2.40.